The Bertz CT molecular complexity index is 1690. The van der Waals surface area contributed by atoms with E-state index in [1.165, 1.54) is 82.7 Å². The van der Waals surface area contributed by atoms with Crippen LogP contribution in [0.3, 0.4) is 0 Å². The second-order valence-corrected chi connectivity index (χ2v) is 14.1. The number of anilines is 3. The number of unbranched alkanes of at least 4 members (excludes halogenated alkanes) is 10. The van der Waals surface area contributed by atoms with E-state index in [0.717, 1.165) is 51.4 Å². The third-order valence-corrected chi connectivity index (χ3v) is 10.5. The van der Waals surface area contributed by atoms with Crippen LogP contribution < -0.4 is 15.0 Å². The number of hydrogen-bond donors (Lipinski definition) is 1. The van der Waals surface area contributed by atoms with Crippen LogP contribution in [0.2, 0.25) is 0 Å². The number of hydrogen-bond acceptors (Lipinski definition) is 5. The molecule has 0 amide bonds. The summed E-state index contributed by atoms with van der Waals surface area (Å²) >= 11 is 3.66. The second-order valence-electron chi connectivity index (χ2n) is 13.2. The van der Waals surface area contributed by atoms with E-state index in [4.69, 9.17) is 9.47 Å². The van der Waals surface area contributed by atoms with Gasteiger partial charge in [-0.05, 0) is 77.3 Å². The number of halogens is 1. The van der Waals surface area contributed by atoms with Crippen LogP contribution in [0.1, 0.15) is 118 Å². The van der Waals surface area contributed by atoms with Crippen LogP contribution in [0.15, 0.2) is 89.4 Å². The van der Waals surface area contributed by atoms with E-state index in [-0.39, 0.29) is 5.97 Å². The molecule has 4 aromatic rings. The van der Waals surface area contributed by atoms with E-state index in [1.54, 1.807) is 0 Å². The minimum absolute atomic E-state index is 0.314. The van der Waals surface area contributed by atoms with Crippen LogP contribution >= 0.6 is 15.9 Å². The largest absolute Gasteiger partial charge is 0.456 e. The average Bonchev–Trinajstić information content (AvgIpc) is 3.40. The standard InChI is InChI=1S/C42H49BrN2O3/c1-3-5-7-9-11-17-27-45(28-18-12-10-8-6-4-2)32-24-25-35-40(30-32)47-39-26-23-31(44-38-22-16-15-21-37(38)43)29-36(39)42(35)34-20-14-13-19-33(34)41(46)48-42/h13-16,19-26,29-30,44H,3-12,17-18,27-28H2,1-2H3. The van der Waals surface area contributed by atoms with Crippen molar-refractivity contribution in [3.63, 3.8) is 0 Å². The van der Waals surface area contributed by atoms with E-state index in [9.17, 15) is 4.79 Å². The molecule has 2 aliphatic heterocycles. The van der Waals surface area contributed by atoms with Gasteiger partial charge in [0.05, 0.1) is 11.3 Å². The van der Waals surface area contributed by atoms with Crippen molar-refractivity contribution in [2.75, 3.05) is 23.3 Å². The predicted octanol–water partition coefficient (Wildman–Crippen LogP) is 12.3. The Balaban J connectivity index is 1.33. The van der Waals surface area contributed by atoms with Crippen LogP contribution in [-0.4, -0.2) is 19.1 Å². The molecule has 1 atom stereocenters. The SMILES string of the molecule is CCCCCCCCN(CCCCCCCC)c1ccc2c(c1)Oc1ccc(Nc3ccccc3Br)cc1C21OC(=O)c2ccccc21. The summed E-state index contributed by atoms with van der Waals surface area (Å²) in [4.78, 5) is 16.0. The van der Waals surface area contributed by atoms with E-state index >= 15 is 0 Å². The van der Waals surface area contributed by atoms with E-state index in [2.05, 4.69) is 64.3 Å². The summed E-state index contributed by atoms with van der Waals surface area (Å²) in [6.07, 6.45) is 15.3. The lowest BCUT2D eigenvalue weighted by molar-refractivity contribution is 0.0224. The third kappa shape index (κ3) is 7.29. The van der Waals surface area contributed by atoms with Gasteiger partial charge in [-0.25, -0.2) is 4.79 Å². The van der Waals surface area contributed by atoms with Gasteiger partial charge in [-0.3, -0.25) is 0 Å². The second kappa shape index (κ2) is 16.1. The number of rotatable bonds is 17. The van der Waals surface area contributed by atoms with Gasteiger partial charge in [0, 0.05) is 51.7 Å². The number of carbonyl (C=O) groups excluding carboxylic acids is 1. The first-order valence-corrected chi connectivity index (χ1v) is 18.9. The van der Waals surface area contributed by atoms with Gasteiger partial charge in [0.2, 0.25) is 0 Å². The number of fused-ring (bicyclic) bond motifs is 6. The molecule has 6 rings (SSSR count). The molecule has 5 nitrogen and oxygen atoms in total. The van der Waals surface area contributed by atoms with Crippen molar-refractivity contribution in [2.45, 2.75) is 96.5 Å². The number of nitrogens with one attached hydrogen (secondary N) is 1. The molecule has 0 bridgehead atoms. The minimum Gasteiger partial charge on any atom is -0.456 e. The van der Waals surface area contributed by atoms with Gasteiger partial charge < -0.3 is 19.7 Å². The molecule has 0 aromatic heterocycles. The number of esters is 1. The lowest BCUT2D eigenvalue weighted by Crippen LogP contribution is -2.33. The van der Waals surface area contributed by atoms with E-state index in [1.807, 2.05) is 60.7 Å². The zero-order valence-corrected chi connectivity index (χ0v) is 30.1. The van der Waals surface area contributed by atoms with Crippen molar-refractivity contribution in [1.29, 1.82) is 0 Å². The molecule has 1 spiro atoms. The summed E-state index contributed by atoms with van der Waals surface area (Å²) in [6, 6.07) is 28.4. The summed E-state index contributed by atoms with van der Waals surface area (Å²) in [5, 5.41) is 3.53. The number of benzene rings is 4. The molecule has 1 N–H and O–H groups in total. The van der Waals surface area contributed by atoms with Gasteiger partial charge >= 0.3 is 5.97 Å². The molecule has 252 valence electrons. The van der Waals surface area contributed by atoms with Gasteiger partial charge in [0.25, 0.3) is 0 Å². The summed E-state index contributed by atoms with van der Waals surface area (Å²) in [5.74, 6) is 1.12. The topological polar surface area (TPSA) is 50.8 Å². The highest BCUT2D eigenvalue weighted by molar-refractivity contribution is 9.10. The van der Waals surface area contributed by atoms with Crippen molar-refractivity contribution in [3.8, 4) is 11.5 Å². The van der Waals surface area contributed by atoms with Crippen LogP contribution in [0.25, 0.3) is 0 Å². The number of ether oxygens (including phenoxy) is 2. The van der Waals surface area contributed by atoms with Gasteiger partial charge in [-0.2, -0.15) is 0 Å². The fraction of sp³-hybridized carbons (Fsp3) is 0.405. The Kier molecular flexibility index (Phi) is 11.4. The molecule has 4 aromatic carbocycles. The van der Waals surface area contributed by atoms with Crippen LogP contribution in [-0.2, 0) is 10.3 Å². The molecule has 6 heteroatoms. The Morgan fingerprint density at radius 2 is 1.33 bits per heavy atom. The average molecular weight is 710 g/mol. The van der Waals surface area contributed by atoms with Crippen LogP contribution in [0.4, 0.5) is 17.1 Å². The lowest BCUT2D eigenvalue weighted by atomic mass is 9.77. The zero-order chi connectivity index (χ0) is 33.3. The molecular weight excluding hydrogens is 660 g/mol. The monoisotopic (exact) mass is 708 g/mol. The maximum atomic E-state index is 13.5. The quantitative estimate of drug-likeness (QED) is 0.0874. The maximum Gasteiger partial charge on any atom is 0.340 e. The first kappa shape index (κ1) is 34.1. The fourth-order valence-corrected chi connectivity index (χ4v) is 7.57. The van der Waals surface area contributed by atoms with Crippen LogP contribution in [0.5, 0.6) is 11.5 Å². The molecule has 0 saturated carbocycles. The molecular formula is C42H49BrN2O3. The zero-order valence-electron chi connectivity index (χ0n) is 28.5. The molecule has 0 radical (unpaired) electrons. The highest BCUT2D eigenvalue weighted by Crippen LogP contribution is 2.57. The molecule has 2 aliphatic rings. The normalized spacial score (nSPS) is 15.8. The third-order valence-electron chi connectivity index (χ3n) is 9.78. The van der Waals surface area contributed by atoms with Crippen LogP contribution in [0, 0.1) is 0 Å². The number of nitrogens with zero attached hydrogens (tertiary/aromatic N) is 1. The maximum absolute atomic E-state index is 13.5. The van der Waals surface area contributed by atoms with Crippen molar-refractivity contribution >= 4 is 39.0 Å². The number of carbonyl (C=O) groups is 1. The Morgan fingerprint density at radius 1 is 0.667 bits per heavy atom. The van der Waals surface area contributed by atoms with Gasteiger partial charge in [0.1, 0.15) is 11.5 Å². The molecule has 0 fully saturated rings. The summed E-state index contributed by atoms with van der Waals surface area (Å²) < 4.78 is 14.2. The van der Waals surface area contributed by atoms with Gasteiger partial charge in [-0.1, -0.05) is 108 Å². The fourth-order valence-electron chi connectivity index (χ4n) is 7.19. The smallest absolute Gasteiger partial charge is 0.340 e. The van der Waals surface area contributed by atoms with Crippen molar-refractivity contribution < 1.29 is 14.3 Å². The predicted molar refractivity (Wildman–Crippen MR) is 201 cm³/mol. The Hall–Kier alpha value is -3.77. The molecule has 48 heavy (non-hydrogen) atoms. The minimum atomic E-state index is -1.11. The molecule has 2 heterocycles. The van der Waals surface area contributed by atoms with Crippen molar-refractivity contribution in [1.82, 2.24) is 0 Å². The van der Waals surface area contributed by atoms with Crippen molar-refractivity contribution in [2.24, 2.45) is 0 Å². The summed E-state index contributed by atoms with van der Waals surface area (Å²) in [5.41, 5.74) is 5.01. The molecule has 0 aliphatic carbocycles. The Morgan fingerprint density at radius 3 is 2.06 bits per heavy atom. The van der Waals surface area contributed by atoms with Gasteiger partial charge in [0.15, 0.2) is 5.60 Å². The lowest BCUT2D eigenvalue weighted by Gasteiger charge is -2.37. The number of para-hydroxylation sites is 1. The van der Waals surface area contributed by atoms with Gasteiger partial charge in [-0.15, -0.1) is 0 Å². The first-order valence-electron chi connectivity index (χ1n) is 18.1. The first-order chi connectivity index (χ1) is 23.5. The molecule has 1 unspecified atom stereocenters. The highest BCUT2D eigenvalue weighted by Gasteiger charge is 2.53. The Labute approximate surface area is 295 Å². The summed E-state index contributed by atoms with van der Waals surface area (Å²) in [7, 11) is 0. The van der Waals surface area contributed by atoms with E-state index in [0.29, 0.717) is 11.3 Å². The highest BCUT2D eigenvalue weighted by atomic mass is 79.9. The summed E-state index contributed by atoms with van der Waals surface area (Å²) in [6.45, 7) is 6.61. The van der Waals surface area contributed by atoms with Crippen molar-refractivity contribution in [3.05, 3.63) is 112 Å². The molecule has 0 saturated heterocycles. The van der Waals surface area contributed by atoms with E-state index < -0.39 is 5.60 Å².